The van der Waals surface area contributed by atoms with Crippen LogP contribution < -0.4 is 4.74 Å². The minimum Gasteiger partial charge on any atom is -0.462 e. The Labute approximate surface area is 135 Å². The SMILES string of the molecule is C=C(C)C(=O)OCC(C=O)CC(OC)C(=O)Oc1ccccc1. The fourth-order valence-electron chi connectivity index (χ4n) is 1.70. The highest BCUT2D eigenvalue weighted by atomic mass is 16.6. The summed E-state index contributed by atoms with van der Waals surface area (Å²) in [4.78, 5) is 34.5. The topological polar surface area (TPSA) is 78.9 Å². The second-order valence-corrected chi connectivity index (χ2v) is 4.97. The number of aldehydes is 1. The molecule has 0 fully saturated rings. The summed E-state index contributed by atoms with van der Waals surface area (Å²) in [6.07, 6.45) is -0.267. The van der Waals surface area contributed by atoms with Crippen molar-refractivity contribution in [2.24, 2.45) is 5.92 Å². The molecule has 0 heterocycles. The van der Waals surface area contributed by atoms with Crippen LogP contribution in [0.1, 0.15) is 13.3 Å². The van der Waals surface area contributed by atoms with Gasteiger partial charge in [-0.3, -0.25) is 0 Å². The summed E-state index contributed by atoms with van der Waals surface area (Å²) in [6, 6.07) is 8.53. The van der Waals surface area contributed by atoms with E-state index < -0.39 is 24.0 Å². The molecule has 0 N–H and O–H groups in total. The van der Waals surface area contributed by atoms with Crippen molar-refractivity contribution in [1.29, 1.82) is 0 Å². The van der Waals surface area contributed by atoms with Crippen LogP contribution >= 0.6 is 0 Å². The number of hydrogen-bond donors (Lipinski definition) is 0. The van der Waals surface area contributed by atoms with Crippen LogP contribution in [0, 0.1) is 5.92 Å². The van der Waals surface area contributed by atoms with Gasteiger partial charge >= 0.3 is 11.9 Å². The lowest BCUT2D eigenvalue weighted by Crippen LogP contribution is -2.32. The minimum absolute atomic E-state index is 0.0507. The summed E-state index contributed by atoms with van der Waals surface area (Å²) >= 11 is 0. The van der Waals surface area contributed by atoms with Crippen molar-refractivity contribution in [2.45, 2.75) is 19.4 Å². The molecule has 0 saturated carbocycles. The van der Waals surface area contributed by atoms with Crippen LogP contribution in [0.3, 0.4) is 0 Å². The molecule has 124 valence electrons. The maximum atomic E-state index is 12.1. The van der Waals surface area contributed by atoms with Crippen molar-refractivity contribution < 1.29 is 28.6 Å². The van der Waals surface area contributed by atoms with E-state index in [1.807, 2.05) is 0 Å². The van der Waals surface area contributed by atoms with Crippen LogP contribution in [0.2, 0.25) is 0 Å². The molecule has 6 heteroatoms. The largest absolute Gasteiger partial charge is 0.462 e. The number of carbonyl (C=O) groups excluding carboxylic acids is 3. The standard InChI is InChI=1S/C17H20O6/c1-12(2)16(19)22-11-13(10-18)9-15(21-3)17(20)23-14-7-5-4-6-8-14/h4-8,10,13,15H,1,9,11H2,2-3H3. The van der Waals surface area contributed by atoms with Gasteiger partial charge in [0.1, 0.15) is 18.6 Å². The molecular weight excluding hydrogens is 300 g/mol. The first kappa shape index (κ1) is 18.6. The minimum atomic E-state index is -0.936. The maximum Gasteiger partial charge on any atom is 0.340 e. The van der Waals surface area contributed by atoms with E-state index in [0.717, 1.165) is 0 Å². The summed E-state index contributed by atoms with van der Waals surface area (Å²) < 4.78 is 15.2. The average Bonchev–Trinajstić information content (AvgIpc) is 2.55. The lowest BCUT2D eigenvalue weighted by molar-refractivity contribution is -0.147. The summed E-state index contributed by atoms with van der Waals surface area (Å²) in [6.45, 7) is 4.81. The highest BCUT2D eigenvalue weighted by Gasteiger charge is 2.25. The van der Waals surface area contributed by atoms with Gasteiger partial charge in [-0.25, -0.2) is 9.59 Å². The molecule has 0 aromatic heterocycles. The summed E-state index contributed by atoms with van der Waals surface area (Å²) in [5.41, 5.74) is 0.237. The lowest BCUT2D eigenvalue weighted by Gasteiger charge is -2.18. The predicted octanol–water partition coefficient (Wildman–Crippen LogP) is 1.93. The number of para-hydroxylation sites is 1. The number of methoxy groups -OCH3 is 1. The molecule has 0 aliphatic heterocycles. The Morgan fingerprint density at radius 3 is 2.43 bits per heavy atom. The molecule has 0 radical (unpaired) electrons. The fraction of sp³-hybridized carbons (Fsp3) is 0.353. The second kappa shape index (κ2) is 9.53. The summed E-state index contributed by atoms with van der Waals surface area (Å²) in [5.74, 6) is -1.49. The Balaban J connectivity index is 2.58. The highest BCUT2D eigenvalue weighted by Crippen LogP contribution is 2.14. The van der Waals surface area contributed by atoms with Gasteiger partial charge < -0.3 is 19.0 Å². The average molecular weight is 320 g/mol. The zero-order valence-corrected chi connectivity index (χ0v) is 13.2. The van der Waals surface area contributed by atoms with E-state index in [-0.39, 0.29) is 18.6 Å². The van der Waals surface area contributed by atoms with E-state index in [9.17, 15) is 14.4 Å². The van der Waals surface area contributed by atoms with E-state index in [4.69, 9.17) is 14.2 Å². The number of rotatable bonds is 9. The van der Waals surface area contributed by atoms with Gasteiger partial charge in [0.25, 0.3) is 0 Å². The van der Waals surface area contributed by atoms with E-state index >= 15 is 0 Å². The fourth-order valence-corrected chi connectivity index (χ4v) is 1.70. The third-order valence-electron chi connectivity index (χ3n) is 3.00. The van der Waals surface area contributed by atoms with Gasteiger partial charge in [0.15, 0.2) is 6.10 Å². The van der Waals surface area contributed by atoms with Crippen LogP contribution in [-0.2, 0) is 23.9 Å². The van der Waals surface area contributed by atoms with Crippen LogP contribution in [0.25, 0.3) is 0 Å². The van der Waals surface area contributed by atoms with E-state index in [1.165, 1.54) is 14.0 Å². The van der Waals surface area contributed by atoms with Crippen LogP contribution in [0.4, 0.5) is 0 Å². The lowest BCUT2D eigenvalue weighted by atomic mass is 10.0. The zero-order valence-electron chi connectivity index (χ0n) is 13.2. The van der Waals surface area contributed by atoms with Gasteiger partial charge in [0.2, 0.25) is 0 Å². The molecule has 1 rings (SSSR count). The first-order valence-electron chi connectivity index (χ1n) is 7.05. The van der Waals surface area contributed by atoms with Crippen molar-refractivity contribution in [3.05, 3.63) is 42.5 Å². The molecule has 0 amide bonds. The molecular formula is C17H20O6. The Hall–Kier alpha value is -2.47. The number of esters is 2. The van der Waals surface area contributed by atoms with Crippen LogP contribution in [0.15, 0.2) is 42.5 Å². The normalized spacial score (nSPS) is 12.8. The quantitative estimate of drug-likeness (QED) is 0.299. The molecule has 1 aromatic rings. The van der Waals surface area contributed by atoms with E-state index in [1.54, 1.807) is 30.3 Å². The third-order valence-corrected chi connectivity index (χ3v) is 3.00. The molecule has 0 aliphatic carbocycles. The van der Waals surface area contributed by atoms with Gasteiger partial charge in [-0.15, -0.1) is 0 Å². The molecule has 23 heavy (non-hydrogen) atoms. The van der Waals surface area contributed by atoms with E-state index in [0.29, 0.717) is 12.0 Å². The van der Waals surface area contributed by atoms with Crippen molar-refractivity contribution in [1.82, 2.24) is 0 Å². The molecule has 0 spiro atoms. The van der Waals surface area contributed by atoms with Gasteiger partial charge in [-0.1, -0.05) is 24.8 Å². The molecule has 0 saturated heterocycles. The van der Waals surface area contributed by atoms with Crippen LogP contribution in [0.5, 0.6) is 5.75 Å². The molecule has 1 aromatic carbocycles. The number of ether oxygens (including phenoxy) is 3. The number of hydrogen-bond acceptors (Lipinski definition) is 6. The van der Waals surface area contributed by atoms with Crippen molar-refractivity contribution in [3.8, 4) is 5.75 Å². The Kier molecular flexibility index (Phi) is 7.70. The third kappa shape index (κ3) is 6.44. The smallest absolute Gasteiger partial charge is 0.340 e. The first-order chi connectivity index (χ1) is 11.0. The van der Waals surface area contributed by atoms with E-state index in [2.05, 4.69) is 6.58 Å². The summed E-state index contributed by atoms with van der Waals surface area (Å²) in [7, 11) is 1.35. The van der Waals surface area contributed by atoms with Gasteiger partial charge in [-0.2, -0.15) is 0 Å². The molecule has 2 atom stereocenters. The Bertz CT molecular complexity index is 551. The molecule has 0 aliphatic rings. The molecule has 6 nitrogen and oxygen atoms in total. The number of carbonyl (C=O) groups is 3. The Morgan fingerprint density at radius 2 is 1.91 bits per heavy atom. The van der Waals surface area contributed by atoms with Gasteiger partial charge in [0, 0.05) is 12.7 Å². The predicted molar refractivity (Wildman–Crippen MR) is 82.8 cm³/mol. The second-order valence-electron chi connectivity index (χ2n) is 4.97. The first-order valence-corrected chi connectivity index (χ1v) is 7.05. The van der Waals surface area contributed by atoms with Gasteiger partial charge in [-0.05, 0) is 25.5 Å². The van der Waals surface area contributed by atoms with Crippen molar-refractivity contribution >= 4 is 18.2 Å². The van der Waals surface area contributed by atoms with Crippen molar-refractivity contribution in [3.63, 3.8) is 0 Å². The summed E-state index contributed by atoms with van der Waals surface area (Å²) in [5, 5.41) is 0. The number of benzene rings is 1. The monoisotopic (exact) mass is 320 g/mol. The maximum absolute atomic E-state index is 12.1. The zero-order chi connectivity index (χ0) is 17.2. The van der Waals surface area contributed by atoms with Crippen LogP contribution in [-0.4, -0.2) is 38.0 Å². The molecule has 2 unspecified atom stereocenters. The molecule has 0 bridgehead atoms. The van der Waals surface area contributed by atoms with Crippen molar-refractivity contribution in [2.75, 3.05) is 13.7 Å². The Morgan fingerprint density at radius 1 is 1.26 bits per heavy atom. The highest BCUT2D eigenvalue weighted by molar-refractivity contribution is 5.87. The van der Waals surface area contributed by atoms with Gasteiger partial charge in [0.05, 0.1) is 5.92 Å².